The molecule has 0 saturated carbocycles. The fraction of sp³-hybridized carbons (Fsp3) is 0.308. The molecule has 0 fully saturated rings. The van der Waals surface area contributed by atoms with Crippen LogP contribution in [0.4, 0.5) is 0 Å². The summed E-state index contributed by atoms with van der Waals surface area (Å²) in [6.45, 7) is 2.11. The number of imidazole rings is 1. The fourth-order valence-corrected chi connectivity index (χ4v) is 2.13. The maximum atomic E-state index is 6.03. The van der Waals surface area contributed by atoms with Crippen LogP contribution >= 0.6 is 15.9 Å². The van der Waals surface area contributed by atoms with E-state index in [-0.39, 0.29) is 6.04 Å². The van der Waals surface area contributed by atoms with Crippen LogP contribution in [-0.2, 0) is 6.42 Å². The van der Waals surface area contributed by atoms with Gasteiger partial charge in [0.2, 0.25) is 0 Å². The quantitative estimate of drug-likeness (QED) is 0.942. The standard InChI is InChI=1S/C13H16BrN3/c1-2-12(15)7-10-3-4-11(14)8-13(10)17-6-5-16-9-17/h3-6,8-9,12H,2,7,15H2,1H3. The van der Waals surface area contributed by atoms with Crippen LogP contribution in [0.5, 0.6) is 0 Å². The molecule has 1 aromatic carbocycles. The SMILES string of the molecule is CCC(N)Cc1ccc(Br)cc1-n1ccnc1. The molecule has 0 aliphatic carbocycles. The lowest BCUT2D eigenvalue weighted by Gasteiger charge is -2.14. The average molecular weight is 294 g/mol. The minimum Gasteiger partial charge on any atom is -0.327 e. The predicted octanol–water partition coefficient (Wildman–Crippen LogP) is 2.91. The topological polar surface area (TPSA) is 43.8 Å². The molecule has 2 rings (SSSR count). The van der Waals surface area contributed by atoms with E-state index in [1.54, 1.807) is 6.20 Å². The van der Waals surface area contributed by atoms with Crippen molar-refractivity contribution in [2.45, 2.75) is 25.8 Å². The molecule has 0 aliphatic rings. The Morgan fingerprint density at radius 2 is 2.29 bits per heavy atom. The number of nitrogens with zero attached hydrogens (tertiary/aromatic N) is 2. The van der Waals surface area contributed by atoms with E-state index in [2.05, 4.69) is 46.0 Å². The number of halogens is 1. The van der Waals surface area contributed by atoms with Crippen LogP contribution < -0.4 is 5.73 Å². The highest BCUT2D eigenvalue weighted by Crippen LogP contribution is 2.21. The van der Waals surface area contributed by atoms with Crippen LogP contribution in [0.15, 0.2) is 41.4 Å². The van der Waals surface area contributed by atoms with Crippen LogP contribution in [0.25, 0.3) is 5.69 Å². The fourth-order valence-electron chi connectivity index (χ4n) is 1.78. The van der Waals surface area contributed by atoms with Gasteiger partial charge >= 0.3 is 0 Å². The number of aromatic nitrogens is 2. The van der Waals surface area contributed by atoms with Crippen molar-refractivity contribution < 1.29 is 0 Å². The van der Waals surface area contributed by atoms with Crippen molar-refractivity contribution in [3.8, 4) is 5.69 Å². The van der Waals surface area contributed by atoms with Crippen molar-refractivity contribution >= 4 is 15.9 Å². The summed E-state index contributed by atoms with van der Waals surface area (Å²) >= 11 is 3.50. The molecule has 0 aliphatic heterocycles. The van der Waals surface area contributed by atoms with Gasteiger partial charge in [-0.05, 0) is 30.5 Å². The monoisotopic (exact) mass is 293 g/mol. The van der Waals surface area contributed by atoms with Crippen molar-refractivity contribution in [1.82, 2.24) is 9.55 Å². The average Bonchev–Trinajstić information content (AvgIpc) is 2.84. The minimum absolute atomic E-state index is 0.207. The van der Waals surface area contributed by atoms with Gasteiger partial charge in [0.1, 0.15) is 0 Å². The van der Waals surface area contributed by atoms with Gasteiger partial charge in [-0.25, -0.2) is 4.98 Å². The zero-order valence-corrected chi connectivity index (χ0v) is 11.4. The molecule has 2 N–H and O–H groups in total. The third kappa shape index (κ3) is 2.96. The van der Waals surface area contributed by atoms with E-state index in [4.69, 9.17) is 5.73 Å². The molecule has 1 unspecified atom stereocenters. The minimum atomic E-state index is 0.207. The van der Waals surface area contributed by atoms with Crippen LogP contribution in [-0.4, -0.2) is 15.6 Å². The molecule has 0 bridgehead atoms. The zero-order chi connectivity index (χ0) is 12.3. The lowest BCUT2D eigenvalue weighted by Crippen LogP contribution is -2.22. The molecule has 1 atom stereocenters. The highest BCUT2D eigenvalue weighted by atomic mass is 79.9. The maximum Gasteiger partial charge on any atom is 0.0991 e. The zero-order valence-electron chi connectivity index (χ0n) is 9.81. The second-order valence-electron chi connectivity index (χ2n) is 4.12. The van der Waals surface area contributed by atoms with Crippen molar-refractivity contribution in [3.05, 3.63) is 47.0 Å². The molecule has 0 spiro atoms. The van der Waals surface area contributed by atoms with E-state index in [0.29, 0.717) is 0 Å². The Bertz CT molecular complexity index is 479. The van der Waals surface area contributed by atoms with E-state index in [1.165, 1.54) is 5.56 Å². The van der Waals surface area contributed by atoms with Gasteiger partial charge in [-0.3, -0.25) is 0 Å². The number of hydrogen-bond donors (Lipinski definition) is 1. The van der Waals surface area contributed by atoms with Gasteiger partial charge in [-0.1, -0.05) is 28.9 Å². The normalized spacial score (nSPS) is 12.6. The Balaban J connectivity index is 2.38. The van der Waals surface area contributed by atoms with E-state index < -0.39 is 0 Å². The van der Waals surface area contributed by atoms with E-state index in [1.807, 2.05) is 17.1 Å². The second kappa shape index (κ2) is 5.47. The highest BCUT2D eigenvalue weighted by molar-refractivity contribution is 9.10. The van der Waals surface area contributed by atoms with Crippen molar-refractivity contribution in [3.63, 3.8) is 0 Å². The first kappa shape index (κ1) is 12.3. The second-order valence-corrected chi connectivity index (χ2v) is 5.03. The third-order valence-electron chi connectivity index (χ3n) is 2.84. The summed E-state index contributed by atoms with van der Waals surface area (Å²) in [4.78, 5) is 4.09. The Labute approximate surface area is 110 Å². The third-order valence-corrected chi connectivity index (χ3v) is 3.33. The summed E-state index contributed by atoms with van der Waals surface area (Å²) in [5.74, 6) is 0. The van der Waals surface area contributed by atoms with E-state index in [9.17, 15) is 0 Å². The molecule has 4 heteroatoms. The summed E-state index contributed by atoms with van der Waals surface area (Å²) in [5, 5.41) is 0. The molecule has 0 amide bonds. The largest absolute Gasteiger partial charge is 0.327 e. The molecule has 90 valence electrons. The molecular weight excluding hydrogens is 278 g/mol. The molecule has 0 saturated heterocycles. The van der Waals surface area contributed by atoms with Gasteiger partial charge in [0, 0.05) is 22.9 Å². The van der Waals surface area contributed by atoms with Crippen LogP contribution in [0.1, 0.15) is 18.9 Å². The number of nitrogens with two attached hydrogens (primary N) is 1. The van der Waals surface area contributed by atoms with E-state index in [0.717, 1.165) is 23.0 Å². The van der Waals surface area contributed by atoms with Crippen molar-refractivity contribution in [2.24, 2.45) is 5.73 Å². The first-order valence-corrected chi connectivity index (χ1v) is 6.52. The van der Waals surface area contributed by atoms with Gasteiger partial charge in [-0.2, -0.15) is 0 Å². The van der Waals surface area contributed by atoms with Gasteiger partial charge in [0.05, 0.1) is 12.0 Å². The lowest BCUT2D eigenvalue weighted by atomic mass is 10.0. The van der Waals surface area contributed by atoms with Gasteiger partial charge in [-0.15, -0.1) is 0 Å². The summed E-state index contributed by atoms with van der Waals surface area (Å²) in [7, 11) is 0. The van der Waals surface area contributed by atoms with Crippen LogP contribution in [0.3, 0.4) is 0 Å². The molecular formula is C13H16BrN3. The smallest absolute Gasteiger partial charge is 0.0991 e. The Morgan fingerprint density at radius 1 is 1.47 bits per heavy atom. The van der Waals surface area contributed by atoms with Crippen LogP contribution in [0, 0.1) is 0 Å². The summed E-state index contributed by atoms with van der Waals surface area (Å²) in [5.41, 5.74) is 8.42. The van der Waals surface area contributed by atoms with Gasteiger partial charge in [0.25, 0.3) is 0 Å². The summed E-state index contributed by atoms with van der Waals surface area (Å²) in [6, 6.07) is 6.48. The Hall–Kier alpha value is -1.13. The molecule has 0 radical (unpaired) electrons. The molecule has 1 aromatic heterocycles. The maximum absolute atomic E-state index is 6.03. The first-order chi connectivity index (χ1) is 8.20. The Kier molecular flexibility index (Phi) is 3.97. The Morgan fingerprint density at radius 3 is 2.94 bits per heavy atom. The molecule has 17 heavy (non-hydrogen) atoms. The summed E-state index contributed by atoms with van der Waals surface area (Å²) in [6.07, 6.45) is 7.41. The van der Waals surface area contributed by atoms with E-state index >= 15 is 0 Å². The number of benzene rings is 1. The van der Waals surface area contributed by atoms with Gasteiger partial charge < -0.3 is 10.3 Å². The number of hydrogen-bond acceptors (Lipinski definition) is 2. The van der Waals surface area contributed by atoms with Crippen LogP contribution in [0.2, 0.25) is 0 Å². The molecule has 3 nitrogen and oxygen atoms in total. The van der Waals surface area contributed by atoms with Crippen molar-refractivity contribution in [1.29, 1.82) is 0 Å². The highest BCUT2D eigenvalue weighted by Gasteiger charge is 2.08. The molecule has 1 heterocycles. The predicted molar refractivity (Wildman–Crippen MR) is 73.2 cm³/mol. The van der Waals surface area contributed by atoms with Gasteiger partial charge in [0.15, 0.2) is 0 Å². The number of rotatable bonds is 4. The summed E-state index contributed by atoms with van der Waals surface area (Å²) < 4.78 is 3.08. The lowest BCUT2D eigenvalue weighted by molar-refractivity contribution is 0.644. The molecule has 2 aromatic rings. The van der Waals surface area contributed by atoms with Crippen molar-refractivity contribution in [2.75, 3.05) is 0 Å². The first-order valence-electron chi connectivity index (χ1n) is 5.73.